The summed E-state index contributed by atoms with van der Waals surface area (Å²) >= 11 is 0. The largest absolute Gasteiger partial charge is 0.506 e. The van der Waals surface area contributed by atoms with E-state index in [1.165, 1.54) is 29.2 Å². The van der Waals surface area contributed by atoms with Crippen molar-refractivity contribution in [1.29, 1.82) is 0 Å². The van der Waals surface area contributed by atoms with Crippen molar-refractivity contribution in [2.75, 3.05) is 16.8 Å². The third kappa shape index (κ3) is 6.07. The first-order chi connectivity index (χ1) is 21.5. The van der Waals surface area contributed by atoms with Crippen LogP contribution in [0.3, 0.4) is 0 Å². The van der Waals surface area contributed by atoms with Crippen LogP contribution in [0.1, 0.15) is 48.6 Å². The Hall–Kier alpha value is -4.92. The number of phenols is 1. The second kappa shape index (κ2) is 11.9. The number of hydrogen-bond donors (Lipinski definition) is 2. The van der Waals surface area contributed by atoms with Crippen LogP contribution in [-0.4, -0.2) is 17.6 Å². The maximum Gasteiger partial charge on any atom is 0.232 e. The van der Waals surface area contributed by atoms with Crippen molar-refractivity contribution in [3.63, 3.8) is 0 Å². The summed E-state index contributed by atoms with van der Waals surface area (Å²) in [5.74, 6) is -2.44. The summed E-state index contributed by atoms with van der Waals surface area (Å²) in [6.45, 7) is 6.25. The maximum absolute atomic E-state index is 16.2. The molecule has 4 aromatic rings. The highest BCUT2D eigenvalue weighted by molar-refractivity contribution is 6.01. The number of anilines is 2. The molecule has 2 N–H and O–H groups in total. The molecule has 1 atom stereocenters. The first kappa shape index (κ1) is 30.1. The van der Waals surface area contributed by atoms with Crippen molar-refractivity contribution in [3.05, 3.63) is 130 Å². The van der Waals surface area contributed by atoms with Gasteiger partial charge in [0, 0.05) is 17.0 Å². The molecule has 2 aliphatic heterocycles. The van der Waals surface area contributed by atoms with E-state index in [1.807, 2.05) is 45.0 Å². The molecule has 1 unspecified atom stereocenters. The van der Waals surface area contributed by atoms with Gasteiger partial charge in [-0.3, -0.25) is 9.69 Å². The molecule has 0 aliphatic carbocycles. The second-order valence-electron chi connectivity index (χ2n) is 12.3. The van der Waals surface area contributed by atoms with Gasteiger partial charge in [0.1, 0.15) is 41.4 Å². The number of carbonyl (C=O) groups is 1. The van der Waals surface area contributed by atoms with Crippen molar-refractivity contribution >= 4 is 17.3 Å². The van der Waals surface area contributed by atoms with E-state index in [1.54, 1.807) is 18.2 Å². The number of aryl methyl sites for hydroxylation is 1. The molecule has 2 heterocycles. The van der Waals surface area contributed by atoms with Crippen LogP contribution in [0.4, 0.5) is 24.5 Å². The molecular weight excluding hydrogens is 581 g/mol. The van der Waals surface area contributed by atoms with E-state index >= 15 is 4.39 Å². The number of hydrogen-bond acceptors (Lipinski definition) is 5. The molecule has 6 rings (SSSR count). The topological polar surface area (TPSA) is 71.0 Å². The fraction of sp³-hybridized carbons (Fsp3) is 0.250. The Morgan fingerprint density at radius 3 is 2.56 bits per heavy atom. The predicted octanol–water partition coefficient (Wildman–Crippen LogP) is 8.10. The van der Waals surface area contributed by atoms with Crippen LogP contribution in [0.2, 0.25) is 0 Å². The number of halogens is 3. The number of allylic oxidation sites excluding steroid dienone is 1. The smallest absolute Gasteiger partial charge is 0.232 e. The second-order valence-corrected chi connectivity index (χ2v) is 12.3. The number of ether oxygens (including phenoxy) is 2. The molecule has 0 bridgehead atoms. The molecule has 0 aromatic heterocycles. The van der Waals surface area contributed by atoms with Crippen LogP contribution >= 0.6 is 0 Å². The zero-order chi connectivity index (χ0) is 31.9. The Balaban J connectivity index is 1.44. The summed E-state index contributed by atoms with van der Waals surface area (Å²) in [6.07, 6.45) is 0.562. The Labute approximate surface area is 259 Å². The van der Waals surface area contributed by atoms with Gasteiger partial charge in [-0.2, -0.15) is 0 Å². The summed E-state index contributed by atoms with van der Waals surface area (Å²) < 4.78 is 55.3. The lowest BCUT2D eigenvalue weighted by atomic mass is 9.85. The Bertz CT molecular complexity index is 1820. The van der Waals surface area contributed by atoms with Gasteiger partial charge in [0.05, 0.1) is 24.4 Å². The number of nitrogens with one attached hydrogen (secondary N) is 1. The predicted molar refractivity (Wildman–Crippen MR) is 165 cm³/mol. The highest BCUT2D eigenvalue weighted by Gasteiger charge is 2.42. The third-order valence-electron chi connectivity index (χ3n) is 8.16. The van der Waals surface area contributed by atoms with Gasteiger partial charge in [0.2, 0.25) is 5.91 Å². The van der Waals surface area contributed by atoms with Gasteiger partial charge in [0.25, 0.3) is 0 Å². The SMILES string of the molecule is Cc1ccccc1CC(=O)N1c2cccc(O)c2NC2=C(OCC(C)(C)C2)C1c1ccc(OCc2ccc(F)c(F)c2)cc1F. The molecule has 4 aromatic carbocycles. The fourth-order valence-corrected chi connectivity index (χ4v) is 5.82. The van der Waals surface area contributed by atoms with E-state index in [0.717, 1.165) is 23.3 Å². The molecule has 0 saturated carbocycles. The molecule has 45 heavy (non-hydrogen) atoms. The quantitative estimate of drug-likeness (QED) is 0.215. The average Bonchev–Trinajstić information content (AvgIpc) is 3.13. The zero-order valence-electron chi connectivity index (χ0n) is 25.2. The van der Waals surface area contributed by atoms with Gasteiger partial charge >= 0.3 is 0 Å². The van der Waals surface area contributed by atoms with Crippen LogP contribution in [0.25, 0.3) is 0 Å². The summed E-state index contributed by atoms with van der Waals surface area (Å²) in [6, 6.07) is 19.2. The van der Waals surface area contributed by atoms with E-state index in [2.05, 4.69) is 5.32 Å². The number of benzene rings is 4. The molecular formula is C36H33F3N2O4. The normalized spacial score (nSPS) is 17.0. The van der Waals surface area contributed by atoms with Crippen LogP contribution in [-0.2, 0) is 22.6 Å². The maximum atomic E-state index is 16.2. The van der Waals surface area contributed by atoms with E-state index in [-0.39, 0.29) is 41.4 Å². The minimum Gasteiger partial charge on any atom is -0.506 e. The van der Waals surface area contributed by atoms with Gasteiger partial charge in [-0.1, -0.05) is 50.2 Å². The van der Waals surface area contributed by atoms with Gasteiger partial charge < -0.3 is 19.9 Å². The molecule has 0 spiro atoms. The minimum absolute atomic E-state index is 0.0312. The van der Waals surface area contributed by atoms with Crippen molar-refractivity contribution in [3.8, 4) is 11.5 Å². The molecule has 2 aliphatic rings. The highest BCUT2D eigenvalue weighted by atomic mass is 19.2. The van der Waals surface area contributed by atoms with Gasteiger partial charge in [0.15, 0.2) is 11.6 Å². The number of para-hydroxylation sites is 1. The number of phenolic OH excluding ortho intramolecular Hbond substituents is 1. The summed E-state index contributed by atoms with van der Waals surface area (Å²) in [5.41, 5.74) is 3.40. The Morgan fingerprint density at radius 1 is 1.00 bits per heavy atom. The van der Waals surface area contributed by atoms with Gasteiger partial charge in [-0.15, -0.1) is 0 Å². The number of amides is 1. The number of aromatic hydroxyl groups is 1. The third-order valence-corrected chi connectivity index (χ3v) is 8.16. The molecule has 6 nitrogen and oxygen atoms in total. The monoisotopic (exact) mass is 614 g/mol. The van der Waals surface area contributed by atoms with Crippen LogP contribution in [0.5, 0.6) is 11.5 Å². The van der Waals surface area contributed by atoms with Crippen molar-refractivity contribution < 1.29 is 32.5 Å². The van der Waals surface area contributed by atoms with E-state index in [4.69, 9.17) is 9.47 Å². The lowest BCUT2D eigenvalue weighted by Crippen LogP contribution is -2.39. The number of nitrogens with zero attached hydrogens (tertiary/aromatic N) is 1. The van der Waals surface area contributed by atoms with Gasteiger partial charge in [-0.25, -0.2) is 13.2 Å². The van der Waals surface area contributed by atoms with E-state index in [9.17, 15) is 18.7 Å². The highest BCUT2D eigenvalue weighted by Crippen LogP contribution is 2.50. The fourth-order valence-electron chi connectivity index (χ4n) is 5.82. The molecule has 0 fully saturated rings. The van der Waals surface area contributed by atoms with E-state index in [0.29, 0.717) is 41.4 Å². The molecule has 9 heteroatoms. The summed E-state index contributed by atoms with van der Waals surface area (Å²) in [7, 11) is 0. The number of rotatable bonds is 6. The Kier molecular flexibility index (Phi) is 7.95. The standard InChI is InChI=1S/C36H33F3N2O4/c1-21-7-4-5-8-23(21)16-32(43)41-30-9-6-10-31(42)33(30)40-29-18-36(2,3)20-45-35(29)34(41)25-13-12-24(17-27(25)38)44-19-22-11-14-26(37)28(39)15-22/h4-15,17,34,40,42H,16,18-20H2,1-3H3. The van der Waals surface area contributed by atoms with Crippen LogP contribution in [0.15, 0.2) is 90.3 Å². The van der Waals surface area contributed by atoms with Crippen LogP contribution < -0.4 is 15.0 Å². The molecule has 0 saturated heterocycles. The summed E-state index contributed by atoms with van der Waals surface area (Å²) in [5, 5.41) is 14.3. The average molecular weight is 615 g/mol. The van der Waals surface area contributed by atoms with Crippen molar-refractivity contribution in [2.45, 2.75) is 46.3 Å². The lowest BCUT2D eigenvalue weighted by molar-refractivity contribution is -0.118. The first-order valence-corrected chi connectivity index (χ1v) is 14.7. The van der Waals surface area contributed by atoms with Crippen molar-refractivity contribution in [1.82, 2.24) is 0 Å². The number of carbonyl (C=O) groups excluding carboxylic acids is 1. The molecule has 0 radical (unpaired) electrons. The number of fused-ring (bicyclic) bond motifs is 1. The Morgan fingerprint density at radius 2 is 1.80 bits per heavy atom. The van der Waals surface area contributed by atoms with Gasteiger partial charge in [-0.05, 0) is 66.4 Å². The first-order valence-electron chi connectivity index (χ1n) is 14.7. The zero-order valence-corrected chi connectivity index (χ0v) is 25.2. The molecule has 232 valence electrons. The molecule has 1 amide bonds. The van der Waals surface area contributed by atoms with Crippen LogP contribution in [0, 0.1) is 29.8 Å². The van der Waals surface area contributed by atoms with E-state index < -0.39 is 23.5 Å². The van der Waals surface area contributed by atoms with Crippen molar-refractivity contribution in [2.24, 2.45) is 5.41 Å². The summed E-state index contributed by atoms with van der Waals surface area (Å²) in [4.78, 5) is 15.9. The lowest BCUT2D eigenvalue weighted by Gasteiger charge is -2.38. The minimum atomic E-state index is -1.01.